The number of halogens is 1. The van der Waals surface area contributed by atoms with Gasteiger partial charge in [0.15, 0.2) is 0 Å². The van der Waals surface area contributed by atoms with Crippen LogP contribution in [0, 0.1) is 0 Å². The van der Waals surface area contributed by atoms with Crippen LogP contribution in [0.25, 0.3) is 0 Å². The molecule has 1 saturated heterocycles. The van der Waals surface area contributed by atoms with Gasteiger partial charge in [0.05, 0.1) is 5.60 Å². The Labute approximate surface area is 97.6 Å². The Balaban J connectivity index is 2.04. The van der Waals surface area contributed by atoms with E-state index in [1.165, 1.54) is 24.1 Å². The van der Waals surface area contributed by atoms with Crippen molar-refractivity contribution in [2.75, 3.05) is 11.9 Å². The minimum Gasteiger partial charge on any atom is -0.374 e. The van der Waals surface area contributed by atoms with Gasteiger partial charge in [0.1, 0.15) is 0 Å². The predicted octanol–water partition coefficient (Wildman–Crippen LogP) is 3.62. The highest BCUT2D eigenvalue weighted by Gasteiger charge is 2.32. The van der Waals surface area contributed by atoms with E-state index >= 15 is 0 Å². The van der Waals surface area contributed by atoms with Gasteiger partial charge in [0, 0.05) is 23.2 Å². The quantitative estimate of drug-likeness (QED) is 0.765. The highest BCUT2D eigenvalue weighted by molar-refractivity contribution is 9.09. The van der Waals surface area contributed by atoms with Crippen LogP contribution in [0.15, 0.2) is 17.5 Å². The lowest BCUT2D eigenvalue weighted by molar-refractivity contribution is -0.0592. The lowest BCUT2D eigenvalue weighted by Crippen LogP contribution is -2.40. The maximum Gasteiger partial charge on any atom is 0.0826 e. The zero-order valence-corrected chi connectivity index (χ0v) is 10.6. The van der Waals surface area contributed by atoms with E-state index in [-0.39, 0.29) is 5.60 Å². The van der Waals surface area contributed by atoms with Gasteiger partial charge in [-0.25, -0.2) is 0 Å². The fraction of sp³-hybridized carbons (Fsp3) is 0.636. The van der Waals surface area contributed by atoms with E-state index in [2.05, 4.69) is 33.4 Å². The topological polar surface area (TPSA) is 9.23 Å². The summed E-state index contributed by atoms with van der Waals surface area (Å²) in [5, 5.41) is 3.10. The molecule has 2 rings (SSSR count). The molecule has 0 bridgehead atoms. The summed E-state index contributed by atoms with van der Waals surface area (Å²) in [7, 11) is 0. The van der Waals surface area contributed by atoms with Gasteiger partial charge in [0.2, 0.25) is 0 Å². The van der Waals surface area contributed by atoms with E-state index in [9.17, 15) is 0 Å². The van der Waals surface area contributed by atoms with Crippen molar-refractivity contribution in [3.63, 3.8) is 0 Å². The van der Waals surface area contributed by atoms with E-state index in [0.717, 1.165) is 18.4 Å². The van der Waals surface area contributed by atoms with Gasteiger partial charge in [0.25, 0.3) is 0 Å². The number of alkyl halides is 1. The van der Waals surface area contributed by atoms with Gasteiger partial charge in [-0.15, -0.1) is 11.3 Å². The molecule has 0 radical (unpaired) electrons. The SMILES string of the molecule is BrCC1(Cc2cccs2)CCCCO1. The molecule has 3 heteroatoms. The standard InChI is InChI=1S/C11H15BrOS/c12-9-11(5-1-2-6-13-11)8-10-4-3-7-14-10/h3-4,7H,1-2,5-6,8-9H2. The molecule has 2 heterocycles. The summed E-state index contributed by atoms with van der Waals surface area (Å²) in [4.78, 5) is 1.44. The Kier molecular flexibility index (Phi) is 3.63. The lowest BCUT2D eigenvalue weighted by Gasteiger charge is -2.35. The maximum absolute atomic E-state index is 5.95. The lowest BCUT2D eigenvalue weighted by atomic mass is 9.92. The molecular weight excluding hydrogens is 260 g/mol. The largest absolute Gasteiger partial charge is 0.374 e. The van der Waals surface area contributed by atoms with Crippen molar-refractivity contribution in [1.29, 1.82) is 0 Å². The van der Waals surface area contributed by atoms with Crippen LogP contribution in [0.2, 0.25) is 0 Å². The van der Waals surface area contributed by atoms with Gasteiger partial charge >= 0.3 is 0 Å². The smallest absolute Gasteiger partial charge is 0.0826 e. The van der Waals surface area contributed by atoms with Gasteiger partial charge in [-0.2, -0.15) is 0 Å². The normalized spacial score (nSPS) is 27.8. The van der Waals surface area contributed by atoms with Crippen LogP contribution in [0.5, 0.6) is 0 Å². The van der Waals surface area contributed by atoms with Crippen molar-refractivity contribution < 1.29 is 4.74 Å². The molecule has 78 valence electrons. The van der Waals surface area contributed by atoms with E-state index in [1.54, 1.807) is 0 Å². The zero-order valence-electron chi connectivity index (χ0n) is 8.17. The van der Waals surface area contributed by atoms with Crippen LogP contribution < -0.4 is 0 Å². The van der Waals surface area contributed by atoms with Crippen LogP contribution in [-0.2, 0) is 11.2 Å². The van der Waals surface area contributed by atoms with E-state index in [4.69, 9.17) is 4.74 Å². The number of rotatable bonds is 3. The molecule has 1 unspecified atom stereocenters. The molecule has 1 aromatic heterocycles. The van der Waals surface area contributed by atoms with Crippen molar-refractivity contribution >= 4 is 27.3 Å². The van der Waals surface area contributed by atoms with Gasteiger partial charge in [-0.05, 0) is 30.7 Å². The van der Waals surface area contributed by atoms with E-state index in [1.807, 2.05) is 11.3 Å². The van der Waals surface area contributed by atoms with Crippen LogP contribution in [0.3, 0.4) is 0 Å². The molecule has 0 aromatic carbocycles. The van der Waals surface area contributed by atoms with Crippen LogP contribution in [-0.4, -0.2) is 17.5 Å². The third kappa shape index (κ3) is 2.38. The molecule has 0 saturated carbocycles. The number of hydrogen-bond donors (Lipinski definition) is 0. The molecular formula is C11H15BrOS. The molecule has 1 aliphatic heterocycles. The molecule has 1 nitrogen and oxygen atoms in total. The Morgan fingerprint density at radius 1 is 1.50 bits per heavy atom. The maximum atomic E-state index is 5.95. The second-order valence-corrected chi connectivity index (χ2v) is 5.47. The molecule has 1 aliphatic rings. The fourth-order valence-corrected chi connectivity index (χ4v) is 3.41. The average molecular weight is 275 g/mol. The Bertz CT molecular complexity index is 265. The first-order valence-corrected chi connectivity index (χ1v) is 7.07. The van der Waals surface area contributed by atoms with E-state index < -0.39 is 0 Å². The zero-order chi connectivity index (χ0) is 9.86. The first-order chi connectivity index (χ1) is 6.85. The molecule has 1 aromatic rings. The molecule has 0 N–H and O–H groups in total. The minimum absolute atomic E-state index is 0.0725. The average Bonchev–Trinajstić information content (AvgIpc) is 2.72. The van der Waals surface area contributed by atoms with Crippen LogP contribution >= 0.6 is 27.3 Å². The summed E-state index contributed by atoms with van der Waals surface area (Å²) in [6.45, 7) is 0.928. The predicted molar refractivity (Wildman–Crippen MR) is 64.4 cm³/mol. The first kappa shape index (κ1) is 10.7. The third-order valence-electron chi connectivity index (χ3n) is 2.76. The molecule has 14 heavy (non-hydrogen) atoms. The summed E-state index contributed by atoms with van der Waals surface area (Å²) in [6, 6.07) is 4.32. The second kappa shape index (κ2) is 4.77. The molecule has 1 fully saturated rings. The van der Waals surface area contributed by atoms with Gasteiger partial charge in [-0.1, -0.05) is 22.0 Å². The van der Waals surface area contributed by atoms with Crippen molar-refractivity contribution in [2.45, 2.75) is 31.3 Å². The summed E-state index contributed by atoms with van der Waals surface area (Å²) < 4.78 is 5.95. The fourth-order valence-electron chi connectivity index (χ4n) is 1.93. The van der Waals surface area contributed by atoms with Gasteiger partial charge in [-0.3, -0.25) is 0 Å². The van der Waals surface area contributed by atoms with Gasteiger partial charge < -0.3 is 4.74 Å². The summed E-state index contributed by atoms with van der Waals surface area (Å²) in [5.41, 5.74) is 0.0725. The van der Waals surface area contributed by atoms with Crippen LogP contribution in [0.1, 0.15) is 24.1 Å². The summed E-state index contributed by atoms with van der Waals surface area (Å²) >= 11 is 5.42. The van der Waals surface area contributed by atoms with Crippen molar-refractivity contribution in [2.24, 2.45) is 0 Å². The minimum atomic E-state index is 0.0725. The monoisotopic (exact) mass is 274 g/mol. The van der Waals surface area contributed by atoms with Crippen molar-refractivity contribution in [3.05, 3.63) is 22.4 Å². The van der Waals surface area contributed by atoms with Crippen molar-refractivity contribution in [1.82, 2.24) is 0 Å². The molecule has 0 aliphatic carbocycles. The molecule has 0 spiro atoms. The summed E-state index contributed by atoms with van der Waals surface area (Å²) in [5.74, 6) is 0. The Morgan fingerprint density at radius 3 is 3.00 bits per heavy atom. The second-order valence-electron chi connectivity index (χ2n) is 3.88. The molecule has 0 amide bonds. The number of thiophene rings is 1. The van der Waals surface area contributed by atoms with E-state index in [0.29, 0.717) is 0 Å². The molecule has 1 atom stereocenters. The highest BCUT2D eigenvalue weighted by atomic mass is 79.9. The Hall–Kier alpha value is 0.140. The van der Waals surface area contributed by atoms with Crippen molar-refractivity contribution in [3.8, 4) is 0 Å². The number of ether oxygens (including phenoxy) is 1. The van der Waals surface area contributed by atoms with Crippen LogP contribution in [0.4, 0.5) is 0 Å². The summed E-state index contributed by atoms with van der Waals surface area (Å²) in [6.07, 6.45) is 4.78. The highest BCUT2D eigenvalue weighted by Crippen LogP contribution is 2.31. The first-order valence-electron chi connectivity index (χ1n) is 5.07. The number of hydrogen-bond acceptors (Lipinski definition) is 2. The third-order valence-corrected chi connectivity index (χ3v) is 4.65. The Morgan fingerprint density at radius 2 is 2.43 bits per heavy atom.